The van der Waals surface area contributed by atoms with Crippen molar-refractivity contribution < 1.29 is 4.79 Å². The van der Waals surface area contributed by atoms with E-state index in [-0.39, 0.29) is 11.2 Å². The maximum Gasteiger partial charge on any atom is 0.229 e. The number of aromatic amines is 1. The monoisotopic (exact) mass is 351 g/mol. The third kappa shape index (κ3) is 2.38. The van der Waals surface area contributed by atoms with Crippen LogP contribution in [0.15, 0.2) is 28.7 Å². The van der Waals surface area contributed by atoms with Crippen LogP contribution in [-0.2, 0) is 4.79 Å². The molecule has 3 rings (SSSR count). The molecular weight excluding hydrogens is 338 g/mol. The molecule has 0 radical (unpaired) electrons. The highest BCUT2D eigenvalue weighted by atomic mass is 79.9. The molecule has 1 aliphatic rings. The lowest BCUT2D eigenvalue weighted by Gasteiger charge is -2.15. The van der Waals surface area contributed by atoms with Gasteiger partial charge in [-0.15, -0.1) is 0 Å². The molecule has 104 valence electrons. The van der Waals surface area contributed by atoms with Gasteiger partial charge in [-0.25, -0.2) is 0 Å². The van der Waals surface area contributed by atoms with Gasteiger partial charge in [0.15, 0.2) is 5.82 Å². The Morgan fingerprint density at radius 2 is 2.10 bits per heavy atom. The number of rotatable bonds is 2. The normalized spacial score (nSPS) is 18.9. The van der Waals surface area contributed by atoms with E-state index in [2.05, 4.69) is 38.8 Å². The summed E-state index contributed by atoms with van der Waals surface area (Å²) in [6.07, 6.45) is 0.467. The van der Waals surface area contributed by atoms with Crippen molar-refractivity contribution >= 4 is 40.3 Å². The smallest absolute Gasteiger partial charge is 0.229 e. The average molecular weight is 352 g/mol. The second kappa shape index (κ2) is 5.26. The summed E-state index contributed by atoms with van der Waals surface area (Å²) in [5.41, 5.74) is 2.98. The molecule has 0 saturated carbocycles. The molecule has 0 bridgehead atoms. The molecule has 1 N–H and O–H groups in total. The quantitative estimate of drug-likeness (QED) is 0.816. The van der Waals surface area contributed by atoms with Gasteiger partial charge in [-0.3, -0.25) is 14.8 Å². The predicted octanol–water partition coefficient (Wildman–Crippen LogP) is 3.18. The van der Waals surface area contributed by atoms with Gasteiger partial charge in [-0.05, 0) is 24.6 Å². The number of nitrogens with zero attached hydrogens (tertiary/aromatic N) is 2. The van der Waals surface area contributed by atoms with Crippen LogP contribution in [0.5, 0.6) is 0 Å². The summed E-state index contributed by atoms with van der Waals surface area (Å²) in [6, 6.07) is 8.01. The first kappa shape index (κ1) is 13.7. The van der Waals surface area contributed by atoms with E-state index in [0.29, 0.717) is 18.8 Å². The topological polar surface area (TPSA) is 49.0 Å². The molecule has 1 aliphatic heterocycles. The molecule has 1 aromatic carbocycles. The summed E-state index contributed by atoms with van der Waals surface area (Å²) >= 11 is 7.83. The second-order valence-electron chi connectivity index (χ2n) is 4.92. The first-order chi connectivity index (χ1) is 9.56. The fourth-order valence-electron chi connectivity index (χ4n) is 2.47. The number of amides is 1. The second-order valence-corrected chi connectivity index (χ2v) is 6.56. The third-order valence-electron chi connectivity index (χ3n) is 3.42. The van der Waals surface area contributed by atoms with E-state index < -0.39 is 0 Å². The summed E-state index contributed by atoms with van der Waals surface area (Å²) in [5, 5.41) is 7.38. The van der Waals surface area contributed by atoms with Crippen molar-refractivity contribution in [1.29, 1.82) is 0 Å². The van der Waals surface area contributed by atoms with Gasteiger partial charge in [-0.1, -0.05) is 28.1 Å². The van der Waals surface area contributed by atoms with Crippen LogP contribution < -0.4 is 4.90 Å². The number of nitrogens with one attached hydrogen (secondary N) is 1. The van der Waals surface area contributed by atoms with Gasteiger partial charge in [0.25, 0.3) is 0 Å². The van der Waals surface area contributed by atoms with Crippen molar-refractivity contribution in [3.8, 4) is 11.1 Å². The molecule has 1 aromatic heterocycles. The largest absolute Gasteiger partial charge is 0.294 e. The minimum atomic E-state index is 0.0786. The highest BCUT2D eigenvalue weighted by molar-refractivity contribution is 9.10. The van der Waals surface area contributed by atoms with Crippen molar-refractivity contribution in [1.82, 2.24) is 10.2 Å². The van der Waals surface area contributed by atoms with Crippen LogP contribution in [0.25, 0.3) is 11.1 Å². The van der Waals surface area contributed by atoms with Crippen molar-refractivity contribution in [2.45, 2.75) is 18.6 Å². The van der Waals surface area contributed by atoms with Crippen LogP contribution >= 0.6 is 28.6 Å². The summed E-state index contributed by atoms with van der Waals surface area (Å²) in [5.74, 6) is 0.779. The summed E-state index contributed by atoms with van der Waals surface area (Å²) in [4.78, 5) is 13.8. The fourth-order valence-corrected chi connectivity index (χ4v) is 3.05. The fraction of sp³-hybridized carbons (Fsp3) is 0.286. The number of carbonyl (C=O) groups is 1. The Labute approximate surface area is 131 Å². The Morgan fingerprint density at radius 3 is 2.70 bits per heavy atom. The van der Waals surface area contributed by atoms with Gasteiger partial charge < -0.3 is 0 Å². The van der Waals surface area contributed by atoms with E-state index in [4.69, 9.17) is 0 Å². The molecule has 2 heterocycles. The Hall–Kier alpha value is -1.27. The summed E-state index contributed by atoms with van der Waals surface area (Å²) in [7, 11) is 0. The van der Waals surface area contributed by atoms with Crippen LogP contribution in [0.1, 0.15) is 12.1 Å². The third-order valence-corrected chi connectivity index (χ3v) is 4.30. The van der Waals surface area contributed by atoms with Gasteiger partial charge in [0.05, 0.1) is 0 Å². The number of aromatic nitrogens is 2. The lowest BCUT2D eigenvalue weighted by molar-refractivity contribution is -0.117. The predicted molar refractivity (Wildman–Crippen MR) is 86.2 cm³/mol. The molecule has 0 aliphatic carbocycles. The SMILES string of the molecule is Cc1[nH]nc(N2CC(S)CC2=O)c1-c1ccc(Br)cc1. The molecule has 2 aromatic rings. The Kier molecular flexibility index (Phi) is 3.60. The van der Waals surface area contributed by atoms with Crippen LogP contribution in [0.2, 0.25) is 0 Å². The molecule has 1 saturated heterocycles. The molecule has 4 nitrogen and oxygen atoms in total. The maximum atomic E-state index is 12.0. The van der Waals surface area contributed by atoms with Gasteiger partial charge in [0.1, 0.15) is 0 Å². The van der Waals surface area contributed by atoms with Gasteiger partial charge in [0, 0.05) is 33.9 Å². The Balaban J connectivity index is 2.06. The Bertz CT molecular complexity index is 653. The first-order valence-electron chi connectivity index (χ1n) is 6.35. The number of hydrogen-bond donors (Lipinski definition) is 2. The average Bonchev–Trinajstić information content (AvgIpc) is 2.93. The highest BCUT2D eigenvalue weighted by Crippen LogP contribution is 2.35. The number of hydrogen-bond acceptors (Lipinski definition) is 3. The number of anilines is 1. The van der Waals surface area contributed by atoms with Gasteiger partial charge in [0.2, 0.25) is 5.91 Å². The zero-order valence-corrected chi connectivity index (χ0v) is 13.4. The minimum absolute atomic E-state index is 0.0786. The van der Waals surface area contributed by atoms with E-state index in [9.17, 15) is 4.79 Å². The van der Waals surface area contributed by atoms with Crippen LogP contribution in [0.4, 0.5) is 5.82 Å². The standard InChI is InChI=1S/C14H14BrN3OS/c1-8-13(9-2-4-10(15)5-3-9)14(17-16-8)18-7-11(20)6-12(18)19/h2-5,11,20H,6-7H2,1H3,(H,16,17). The number of carbonyl (C=O) groups excluding carboxylic acids is 1. The molecule has 0 spiro atoms. The van der Waals surface area contributed by atoms with E-state index in [1.165, 1.54) is 0 Å². The zero-order valence-electron chi connectivity index (χ0n) is 10.9. The van der Waals surface area contributed by atoms with Gasteiger partial charge >= 0.3 is 0 Å². The summed E-state index contributed by atoms with van der Waals surface area (Å²) < 4.78 is 1.02. The molecule has 20 heavy (non-hydrogen) atoms. The van der Waals surface area contributed by atoms with E-state index in [0.717, 1.165) is 21.3 Å². The van der Waals surface area contributed by atoms with Gasteiger partial charge in [-0.2, -0.15) is 17.7 Å². The number of thiol groups is 1. The lowest BCUT2D eigenvalue weighted by atomic mass is 10.1. The molecule has 1 unspecified atom stereocenters. The van der Waals surface area contributed by atoms with Crippen molar-refractivity contribution in [2.24, 2.45) is 0 Å². The lowest BCUT2D eigenvalue weighted by Crippen LogP contribution is -2.25. The highest BCUT2D eigenvalue weighted by Gasteiger charge is 2.32. The van der Waals surface area contributed by atoms with Crippen LogP contribution in [0, 0.1) is 6.92 Å². The molecule has 1 amide bonds. The zero-order chi connectivity index (χ0) is 14.3. The number of halogens is 1. The minimum Gasteiger partial charge on any atom is -0.294 e. The van der Waals surface area contributed by atoms with Crippen LogP contribution in [0.3, 0.4) is 0 Å². The van der Waals surface area contributed by atoms with Crippen molar-refractivity contribution in [2.75, 3.05) is 11.4 Å². The van der Waals surface area contributed by atoms with Crippen molar-refractivity contribution in [3.05, 3.63) is 34.4 Å². The number of H-pyrrole nitrogens is 1. The van der Waals surface area contributed by atoms with E-state index in [1.54, 1.807) is 4.90 Å². The first-order valence-corrected chi connectivity index (χ1v) is 7.66. The Morgan fingerprint density at radius 1 is 1.40 bits per heavy atom. The molecule has 1 atom stereocenters. The number of aryl methyl sites for hydroxylation is 1. The van der Waals surface area contributed by atoms with Crippen LogP contribution in [-0.4, -0.2) is 27.9 Å². The summed E-state index contributed by atoms with van der Waals surface area (Å²) in [6.45, 7) is 2.57. The maximum absolute atomic E-state index is 12.0. The van der Waals surface area contributed by atoms with E-state index >= 15 is 0 Å². The van der Waals surface area contributed by atoms with Crippen molar-refractivity contribution in [3.63, 3.8) is 0 Å². The molecular formula is C14H14BrN3OS. The van der Waals surface area contributed by atoms with E-state index in [1.807, 2.05) is 31.2 Å². The number of benzene rings is 1. The molecule has 6 heteroatoms. The molecule has 1 fully saturated rings.